The lowest BCUT2D eigenvalue weighted by atomic mass is 9.89. The molecule has 3 atom stereocenters. The number of ether oxygens (including phenoxy) is 2. The normalized spacial score (nSPS) is 24.6. The number of methoxy groups -OCH3 is 1. The maximum absolute atomic E-state index is 12.6. The maximum atomic E-state index is 12.6. The quantitative estimate of drug-likeness (QED) is 0.585. The van der Waals surface area contributed by atoms with Crippen LogP contribution < -0.4 is 20.1 Å². The standard InChI is InChI=1S/C23H36N2O3/c1-4-5-6-11-28-21-10-7-18(15-22(21)27-3)16(2)24-23(26)14-17-12-19-8-9-20(13-17)25-19/h7,10,15-17,19-20,25H,4-6,8-9,11-14H2,1-3H3,(H,24,26). The van der Waals surface area contributed by atoms with Crippen LogP contribution in [-0.2, 0) is 4.79 Å². The lowest BCUT2D eigenvalue weighted by molar-refractivity contribution is -0.122. The molecule has 2 bridgehead atoms. The zero-order valence-corrected chi connectivity index (χ0v) is 17.6. The molecule has 0 radical (unpaired) electrons. The molecule has 28 heavy (non-hydrogen) atoms. The number of carbonyl (C=O) groups is 1. The van der Waals surface area contributed by atoms with E-state index in [4.69, 9.17) is 9.47 Å². The van der Waals surface area contributed by atoms with E-state index >= 15 is 0 Å². The van der Waals surface area contributed by atoms with E-state index in [1.54, 1.807) is 7.11 Å². The molecule has 0 spiro atoms. The number of rotatable bonds is 10. The molecule has 3 rings (SSSR count). The molecule has 2 heterocycles. The average Bonchev–Trinajstić information content (AvgIpc) is 3.03. The number of nitrogens with one attached hydrogen (secondary N) is 2. The number of unbranched alkanes of at least 4 members (excludes halogenated alkanes) is 2. The predicted octanol–water partition coefficient (Wildman–Crippen LogP) is 4.36. The van der Waals surface area contributed by atoms with E-state index < -0.39 is 0 Å². The van der Waals surface area contributed by atoms with E-state index in [9.17, 15) is 4.79 Å². The van der Waals surface area contributed by atoms with Crippen molar-refractivity contribution in [1.29, 1.82) is 0 Å². The molecule has 1 aromatic rings. The number of fused-ring (bicyclic) bond motifs is 2. The van der Waals surface area contributed by atoms with Gasteiger partial charge >= 0.3 is 0 Å². The fraction of sp³-hybridized carbons (Fsp3) is 0.696. The Hall–Kier alpha value is -1.75. The summed E-state index contributed by atoms with van der Waals surface area (Å²) in [6.45, 7) is 4.91. The third-order valence-electron chi connectivity index (χ3n) is 6.12. The predicted molar refractivity (Wildman–Crippen MR) is 112 cm³/mol. The molecule has 156 valence electrons. The average molecular weight is 389 g/mol. The highest BCUT2D eigenvalue weighted by Crippen LogP contribution is 2.33. The highest BCUT2D eigenvalue weighted by atomic mass is 16.5. The van der Waals surface area contributed by atoms with Gasteiger partial charge in [-0.1, -0.05) is 25.8 Å². The Balaban J connectivity index is 1.51. The number of hydrogen-bond donors (Lipinski definition) is 2. The minimum absolute atomic E-state index is 0.0472. The van der Waals surface area contributed by atoms with Gasteiger partial charge in [-0.3, -0.25) is 4.79 Å². The van der Waals surface area contributed by atoms with Gasteiger partial charge in [-0.2, -0.15) is 0 Å². The van der Waals surface area contributed by atoms with Crippen molar-refractivity contribution in [3.05, 3.63) is 23.8 Å². The van der Waals surface area contributed by atoms with Crippen LogP contribution in [0.2, 0.25) is 0 Å². The molecular formula is C23H36N2O3. The second-order valence-electron chi connectivity index (χ2n) is 8.43. The van der Waals surface area contributed by atoms with Crippen LogP contribution in [0.5, 0.6) is 11.5 Å². The van der Waals surface area contributed by atoms with Gasteiger partial charge in [-0.25, -0.2) is 0 Å². The molecule has 2 fully saturated rings. The first-order chi connectivity index (χ1) is 13.6. The summed E-state index contributed by atoms with van der Waals surface area (Å²) >= 11 is 0. The Kier molecular flexibility index (Phi) is 7.60. The summed E-state index contributed by atoms with van der Waals surface area (Å²) in [7, 11) is 1.66. The van der Waals surface area contributed by atoms with Gasteiger partial charge in [-0.15, -0.1) is 0 Å². The third-order valence-corrected chi connectivity index (χ3v) is 6.12. The number of carbonyl (C=O) groups excluding carboxylic acids is 1. The fourth-order valence-electron chi connectivity index (χ4n) is 4.59. The first kappa shape index (κ1) is 21.0. The van der Waals surface area contributed by atoms with Gasteiger partial charge < -0.3 is 20.1 Å². The number of benzene rings is 1. The molecule has 1 aromatic carbocycles. The van der Waals surface area contributed by atoms with Crippen LogP contribution in [0.3, 0.4) is 0 Å². The topological polar surface area (TPSA) is 59.6 Å². The Morgan fingerprint density at radius 1 is 1.21 bits per heavy atom. The summed E-state index contributed by atoms with van der Waals surface area (Å²) in [5.41, 5.74) is 1.04. The van der Waals surface area contributed by atoms with Gasteiger partial charge in [0.2, 0.25) is 5.91 Å². The third kappa shape index (κ3) is 5.63. The van der Waals surface area contributed by atoms with Crippen LogP contribution in [0.15, 0.2) is 18.2 Å². The highest BCUT2D eigenvalue weighted by Gasteiger charge is 2.34. The zero-order valence-electron chi connectivity index (χ0n) is 17.6. The fourth-order valence-corrected chi connectivity index (χ4v) is 4.59. The molecule has 0 aromatic heterocycles. The van der Waals surface area contributed by atoms with E-state index in [0.29, 0.717) is 31.0 Å². The van der Waals surface area contributed by atoms with Gasteiger partial charge in [0, 0.05) is 18.5 Å². The SMILES string of the molecule is CCCCCOc1ccc(C(C)NC(=O)CC2CC3CCC(C2)N3)cc1OC. The summed E-state index contributed by atoms with van der Waals surface area (Å²) in [5.74, 6) is 2.16. The van der Waals surface area contributed by atoms with E-state index in [-0.39, 0.29) is 11.9 Å². The van der Waals surface area contributed by atoms with E-state index in [0.717, 1.165) is 36.3 Å². The van der Waals surface area contributed by atoms with Gasteiger partial charge in [0.15, 0.2) is 11.5 Å². The van der Waals surface area contributed by atoms with E-state index in [1.807, 2.05) is 25.1 Å². The molecule has 1 amide bonds. The first-order valence-electron chi connectivity index (χ1n) is 10.9. The van der Waals surface area contributed by atoms with Crippen LogP contribution in [-0.4, -0.2) is 31.7 Å². The minimum atomic E-state index is -0.0472. The smallest absolute Gasteiger partial charge is 0.220 e. The lowest BCUT2D eigenvalue weighted by Gasteiger charge is -2.29. The summed E-state index contributed by atoms with van der Waals surface area (Å²) in [6.07, 6.45) is 8.84. The molecule has 0 saturated carbocycles. The molecule has 2 saturated heterocycles. The largest absolute Gasteiger partial charge is 0.493 e. The minimum Gasteiger partial charge on any atom is -0.493 e. The lowest BCUT2D eigenvalue weighted by Crippen LogP contribution is -2.40. The van der Waals surface area contributed by atoms with E-state index in [1.165, 1.54) is 25.7 Å². The van der Waals surface area contributed by atoms with Crippen molar-refractivity contribution in [1.82, 2.24) is 10.6 Å². The number of amides is 1. The molecule has 0 aliphatic carbocycles. The Morgan fingerprint density at radius 3 is 2.64 bits per heavy atom. The molecule has 2 N–H and O–H groups in total. The van der Waals surface area contributed by atoms with Crippen molar-refractivity contribution in [2.75, 3.05) is 13.7 Å². The molecule has 2 aliphatic heterocycles. The number of piperidine rings is 1. The van der Waals surface area contributed by atoms with Crippen molar-refractivity contribution in [3.8, 4) is 11.5 Å². The number of hydrogen-bond acceptors (Lipinski definition) is 4. The van der Waals surface area contributed by atoms with E-state index in [2.05, 4.69) is 17.6 Å². The summed E-state index contributed by atoms with van der Waals surface area (Å²) in [6, 6.07) is 7.16. The van der Waals surface area contributed by atoms with Crippen molar-refractivity contribution in [2.45, 2.75) is 83.3 Å². The molecule has 5 heteroatoms. The van der Waals surface area contributed by atoms with Crippen LogP contribution in [0.1, 0.15) is 76.8 Å². The van der Waals surface area contributed by atoms with Crippen molar-refractivity contribution in [2.24, 2.45) is 5.92 Å². The molecule has 5 nitrogen and oxygen atoms in total. The molecular weight excluding hydrogens is 352 g/mol. The van der Waals surface area contributed by atoms with Crippen molar-refractivity contribution >= 4 is 5.91 Å². The zero-order chi connectivity index (χ0) is 19.9. The Bertz CT molecular complexity index is 637. The van der Waals surface area contributed by atoms with Crippen molar-refractivity contribution < 1.29 is 14.3 Å². The van der Waals surface area contributed by atoms with Gasteiger partial charge in [0.25, 0.3) is 0 Å². The van der Waals surface area contributed by atoms with Gasteiger partial charge in [-0.05, 0) is 62.6 Å². The second kappa shape index (κ2) is 10.1. The van der Waals surface area contributed by atoms with Crippen molar-refractivity contribution in [3.63, 3.8) is 0 Å². The monoisotopic (exact) mass is 388 g/mol. The highest BCUT2D eigenvalue weighted by molar-refractivity contribution is 5.76. The van der Waals surface area contributed by atoms with Crippen LogP contribution in [0.25, 0.3) is 0 Å². The van der Waals surface area contributed by atoms with Crippen LogP contribution in [0.4, 0.5) is 0 Å². The van der Waals surface area contributed by atoms with Gasteiger partial charge in [0.1, 0.15) is 0 Å². The summed E-state index contributed by atoms with van der Waals surface area (Å²) < 4.78 is 11.4. The first-order valence-corrected chi connectivity index (χ1v) is 10.9. The Morgan fingerprint density at radius 2 is 1.96 bits per heavy atom. The van der Waals surface area contributed by atoms with Crippen LogP contribution in [0, 0.1) is 5.92 Å². The van der Waals surface area contributed by atoms with Crippen LogP contribution >= 0.6 is 0 Å². The molecule has 2 aliphatic rings. The van der Waals surface area contributed by atoms with Gasteiger partial charge in [0.05, 0.1) is 19.8 Å². The second-order valence-corrected chi connectivity index (χ2v) is 8.43. The summed E-state index contributed by atoms with van der Waals surface area (Å²) in [4.78, 5) is 12.6. The maximum Gasteiger partial charge on any atom is 0.220 e. The summed E-state index contributed by atoms with van der Waals surface area (Å²) in [5, 5.41) is 6.81. The Labute approximate surface area is 169 Å². The molecule has 3 unspecified atom stereocenters.